The van der Waals surface area contributed by atoms with Crippen LogP contribution in [0.4, 0.5) is 5.69 Å². The van der Waals surface area contributed by atoms with E-state index in [-0.39, 0.29) is 19.0 Å². The standard InChI is InChI=1S/C16H21N3O2/c1-3-13-10-14(19(4-2)18-13)11-21-16(20)9-12-7-5-6-8-15(12)17/h5-8,10H,3-4,9,11,17H2,1-2H3. The van der Waals surface area contributed by atoms with Gasteiger partial charge < -0.3 is 10.5 Å². The van der Waals surface area contributed by atoms with Crippen LogP contribution in [0.15, 0.2) is 30.3 Å². The number of nitrogen functional groups attached to an aromatic ring is 1. The Labute approximate surface area is 124 Å². The number of aryl methyl sites for hydroxylation is 2. The Kier molecular flexibility index (Phi) is 4.98. The summed E-state index contributed by atoms with van der Waals surface area (Å²) in [5, 5.41) is 4.43. The largest absolute Gasteiger partial charge is 0.459 e. The molecule has 0 saturated heterocycles. The molecule has 5 heteroatoms. The number of rotatable bonds is 6. The van der Waals surface area contributed by atoms with Gasteiger partial charge in [0.15, 0.2) is 0 Å². The highest BCUT2D eigenvalue weighted by Crippen LogP contribution is 2.13. The van der Waals surface area contributed by atoms with E-state index < -0.39 is 0 Å². The molecule has 21 heavy (non-hydrogen) atoms. The lowest BCUT2D eigenvalue weighted by Gasteiger charge is -2.07. The first-order valence-electron chi connectivity index (χ1n) is 7.18. The van der Waals surface area contributed by atoms with Crippen LogP contribution in [-0.4, -0.2) is 15.7 Å². The third-order valence-corrected chi connectivity index (χ3v) is 3.35. The minimum absolute atomic E-state index is 0.188. The summed E-state index contributed by atoms with van der Waals surface area (Å²) in [6, 6.07) is 9.30. The van der Waals surface area contributed by atoms with E-state index in [0.717, 1.165) is 29.9 Å². The van der Waals surface area contributed by atoms with Crippen LogP contribution in [0.3, 0.4) is 0 Å². The second kappa shape index (κ2) is 6.92. The van der Waals surface area contributed by atoms with Gasteiger partial charge in [-0.3, -0.25) is 9.48 Å². The highest BCUT2D eigenvalue weighted by Gasteiger charge is 2.11. The lowest BCUT2D eigenvalue weighted by molar-refractivity contribution is -0.144. The molecule has 112 valence electrons. The van der Waals surface area contributed by atoms with Crippen molar-refractivity contribution in [1.82, 2.24) is 9.78 Å². The third kappa shape index (κ3) is 3.84. The zero-order valence-electron chi connectivity index (χ0n) is 12.5. The monoisotopic (exact) mass is 287 g/mol. The van der Waals surface area contributed by atoms with Gasteiger partial charge >= 0.3 is 5.97 Å². The predicted molar refractivity (Wildman–Crippen MR) is 81.6 cm³/mol. The van der Waals surface area contributed by atoms with Crippen molar-refractivity contribution in [2.45, 2.75) is 39.8 Å². The van der Waals surface area contributed by atoms with Crippen molar-refractivity contribution in [2.75, 3.05) is 5.73 Å². The molecule has 0 aliphatic heterocycles. The van der Waals surface area contributed by atoms with Crippen LogP contribution >= 0.6 is 0 Å². The Morgan fingerprint density at radius 2 is 2.10 bits per heavy atom. The maximum Gasteiger partial charge on any atom is 0.310 e. The Bertz CT molecular complexity index is 620. The fourth-order valence-corrected chi connectivity index (χ4v) is 2.13. The first-order chi connectivity index (χ1) is 10.1. The van der Waals surface area contributed by atoms with Gasteiger partial charge in [0.1, 0.15) is 6.61 Å². The molecule has 0 fully saturated rings. The fourth-order valence-electron chi connectivity index (χ4n) is 2.13. The molecule has 1 aromatic heterocycles. The molecule has 1 heterocycles. The average Bonchev–Trinajstić information content (AvgIpc) is 2.90. The number of nitrogens with zero attached hydrogens (tertiary/aromatic N) is 2. The van der Waals surface area contributed by atoms with Crippen LogP contribution in [-0.2, 0) is 35.5 Å². The van der Waals surface area contributed by atoms with E-state index in [0.29, 0.717) is 5.69 Å². The minimum atomic E-state index is -0.283. The molecular weight excluding hydrogens is 266 g/mol. The molecule has 2 aromatic rings. The zero-order chi connectivity index (χ0) is 15.2. The summed E-state index contributed by atoms with van der Waals surface area (Å²) in [4.78, 5) is 11.9. The first-order valence-corrected chi connectivity index (χ1v) is 7.18. The zero-order valence-corrected chi connectivity index (χ0v) is 12.5. The topological polar surface area (TPSA) is 70.1 Å². The first kappa shape index (κ1) is 15.1. The molecule has 0 radical (unpaired) electrons. The van der Waals surface area contributed by atoms with Crippen LogP contribution in [0.2, 0.25) is 0 Å². The molecule has 0 unspecified atom stereocenters. The summed E-state index contributed by atoms with van der Waals surface area (Å²) in [5.41, 5.74) is 9.16. The van der Waals surface area contributed by atoms with Crippen LogP contribution in [0.25, 0.3) is 0 Å². The summed E-state index contributed by atoms with van der Waals surface area (Å²) in [7, 11) is 0. The molecule has 0 aliphatic carbocycles. The van der Waals surface area contributed by atoms with E-state index in [1.807, 2.05) is 35.9 Å². The van der Waals surface area contributed by atoms with Crippen molar-refractivity contribution in [3.63, 3.8) is 0 Å². The number of nitrogens with two attached hydrogens (primary N) is 1. The van der Waals surface area contributed by atoms with Gasteiger partial charge in [-0.25, -0.2) is 0 Å². The lowest BCUT2D eigenvalue weighted by atomic mass is 10.1. The lowest BCUT2D eigenvalue weighted by Crippen LogP contribution is -2.12. The van der Waals surface area contributed by atoms with Crippen LogP contribution in [0, 0.1) is 0 Å². The summed E-state index contributed by atoms with van der Waals surface area (Å²) < 4.78 is 7.20. The summed E-state index contributed by atoms with van der Waals surface area (Å²) >= 11 is 0. The van der Waals surface area contributed by atoms with Crippen molar-refractivity contribution in [3.05, 3.63) is 47.3 Å². The molecule has 0 spiro atoms. The van der Waals surface area contributed by atoms with Gasteiger partial charge in [0.2, 0.25) is 0 Å². The van der Waals surface area contributed by atoms with E-state index in [9.17, 15) is 4.79 Å². The molecule has 0 aliphatic rings. The van der Waals surface area contributed by atoms with Gasteiger partial charge in [0, 0.05) is 12.2 Å². The normalized spacial score (nSPS) is 10.6. The predicted octanol–water partition coefficient (Wildman–Crippen LogP) is 2.33. The van der Waals surface area contributed by atoms with Crippen LogP contribution < -0.4 is 5.73 Å². The quantitative estimate of drug-likeness (QED) is 0.654. The van der Waals surface area contributed by atoms with Crippen molar-refractivity contribution >= 4 is 11.7 Å². The molecule has 0 bridgehead atoms. The molecule has 0 atom stereocenters. The molecule has 5 nitrogen and oxygen atoms in total. The Morgan fingerprint density at radius 3 is 2.76 bits per heavy atom. The fraction of sp³-hybridized carbons (Fsp3) is 0.375. The third-order valence-electron chi connectivity index (χ3n) is 3.35. The molecule has 0 saturated carbocycles. The van der Waals surface area contributed by atoms with E-state index in [1.165, 1.54) is 0 Å². The number of ether oxygens (including phenoxy) is 1. The Balaban J connectivity index is 1.95. The number of hydrogen-bond donors (Lipinski definition) is 1. The van der Waals surface area contributed by atoms with Gasteiger partial charge in [-0.1, -0.05) is 25.1 Å². The van der Waals surface area contributed by atoms with E-state index in [1.54, 1.807) is 6.07 Å². The van der Waals surface area contributed by atoms with Gasteiger partial charge in [0.25, 0.3) is 0 Å². The highest BCUT2D eigenvalue weighted by molar-refractivity contribution is 5.74. The number of carbonyl (C=O) groups is 1. The number of aromatic nitrogens is 2. The molecular formula is C16H21N3O2. The van der Waals surface area contributed by atoms with Crippen molar-refractivity contribution < 1.29 is 9.53 Å². The van der Waals surface area contributed by atoms with E-state index in [2.05, 4.69) is 12.0 Å². The number of esters is 1. The van der Waals surface area contributed by atoms with Gasteiger partial charge in [-0.15, -0.1) is 0 Å². The second-order valence-corrected chi connectivity index (χ2v) is 4.83. The Morgan fingerprint density at radius 1 is 1.33 bits per heavy atom. The maximum atomic E-state index is 11.9. The number of anilines is 1. The minimum Gasteiger partial charge on any atom is -0.459 e. The van der Waals surface area contributed by atoms with Crippen molar-refractivity contribution in [1.29, 1.82) is 0 Å². The average molecular weight is 287 g/mol. The second-order valence-electron chi connectivity index (χ2n) is 4.83. The van der Waals surface area contributed by atoms with E-state index in [4.69, 9.17) is 10.5 Å². The molecule has 2 rings (SSSR count). The number of para-hydroxylation sites is 1. The van der Waals surface area contributed by atoms with Gasteiger partial charge in [0.05, 0.1) is 17.8 Å². The van der Waals surface area contributed by atoms with Crippen LogP contribution in [0.1, 0.15) is 30.8 Å². The van der Waals surface area contributed by atoms with Gasteiger partial charge in [-0.05, 0) is 31.0 Å². The van der Waals surface area contributed by atoms with Gasteiger partial charge in [-0.2, -0.15) is 5.10 Å². The number of carbonyl (C=O) groups excluding carboxylic acids is 1. The van der Waals surface area contributed by atoms with Crippen molar-refractivity contribution in [2.24, 2.45) is 0 Å². The molecule has 1 aromatic carbocycles. The number of benzene rings is 1. The number of hydrogen-bond acceptors (Lipinski definition) is 4. The van der Waals surface area contributed by atoms with E-state index >= 15 is 0 Å². The molecule has 0 amide bonds. The van der Waals surface area contributed by atoms with Crippen LogP contribution in [0.5, 0.6) is 0 Å². The smallest absolute Gasteiger partial charge is 0.310 e. The SMILES string of the molecule is CCc1cc(COC(=O)Cc2ccccc2N)n(CC)n1. The Hall–Kier alpha value is -2.30. The highest BCUT2D eigenvalue weighted by atomic mass is 16.5. The summed E-state index contributed by atoms with van der Waals surface area (Å²) in [6.07, 6.45) is 1.06. The summed E-state index contributed by atoms with van der Waals surface area (Å²) in [6.45, 7) is 5.07. The maximum absolute atomic E-state index is 11.9. The van der Waals surface area contributed by atoms with Crippen molar-refractivity contribution in [3.8, 4) is 0 Å². The summed E-state index contributed by atoms with van der Waals surface area (Å²) in [5.74, 6) is -0.283. The molecule has 2 N–H and O–H groups in total.